The van der Waals surface area contributed by atoms with Gasteiger partial charge in [-0.1, -0.05) is 0 Å². The third-order valence-electron chi connectivity index (χ3n) is 4.70. The van der Waals surface area contributed by atoms with Gasteiger partial charge in [-0.25, -0.2) is 0 Å². The van der Waals surface area contributed by atoms with Gasteiger partial charge in [0, 0.05) is 20.1 Å². The monoisotopic (exact) mass is 378 g/mol. The van der Waals surface area contributed by atoms with Crippen LogP contribution in [0.3, 0.4) is 0 Å². The molecule has 0 rings (SSSR count). The molecule has 0 spiro atoms. The molecule has 0 heterocycles. The minimum atomic E-state index is -0.605. The standard InChI is InChI=1S/C20H42O6/c1-17(2,13-21)25-12-16(11-24-14-18(3,4)22-9)20(7,8)26-15-19(5,6)23-10/h16,21H,11-15H2,1-10H3. The van der Waals surface area contributed by atoms with Gasteiger partial charge in [0.05, 0.1) is 55.4 Å². The van der Waals surface area contributed by atoms with Gasteiger partial charge in [-0.3, -0.25) is 0 Å². The molecule has 0 aromatic rings. The first kappa shape index (κ1) is 25.8. The van der Waals surface area contributed by atoms with Gasteiger partial charge in [-0.2, -0.15) is 0 Å². The van der Waals surface area contributed by atoms with Crippen LogP contribution in [0.5, 0.6) is 0 Å². The van der Waals surface area contributed by atoms with E-state index < -0.39 is 11.2 Å². The molecule has 6 nitrogen and oxygen atoms in total. The van der Waals surface area contributed by atoms with E-state index >= 15 is 0 Å². The van der Waals surface area contributed by atoms with Crippen molar-refractivity contribution in [1.82, 2.24) is 0 Å². The molecule has 0 aromatic heterocycles. The van der Waals surface area contributed by atoms with Crippen molar-refractivity contribution in [3.05, 3.63) is 0 Å². The molecule has 0 aliphatic heterocycles. The van der Waals surface area contributed by atoms with Crippen molar-refractivity contribution in [2.75, 3.05) is 47.3 Å². The highest BCUT2D eigenvalue weighted by atomic mass is 16.6. The van der Waals surface area contributed by atoms with Crippen molar-refractivity contribution in [3.8, 4) is 0 Å². The molecule has 0 aliphatic rings. The fourth-order valence-electron chi connectivity index (χ4n) is 1.86. The molecule has 1 N–H and O–H groups in total. The van der Waals surface area contributed by atoms with E-state index in [0.717, 1.165) is 0 Å². The fourth-order valence-corrected chi connectivity index (χ4v) is 1.86. The molecule has 0 aromatic carbocycles. The molecule has 0 saturated heterocycles. The molecule has 1 atom stereocenters. The maximum absolute atomic E-state index is 9.45. The predicted octanol–water partition coefficient (Wildman–Crippen LogP) is 3.05. The SMILES string of the molecule is COC(C)(C)COCC(COC(C)(C)CO)C(C)(C)OCC(C)(C)OC. The van der Waals surface area contributed by atoms with Crippen molar-refractivity contribution in [2.45, 2.75) is 77.8 Å². The molecule has 6 heteroatoms. The van der Waals surface area contributed by atoms with Gasteiger partial charge in [-0.15, -0.1) is 0 Å². The predicted molar refractivity (Wildman–Crippen MR) is 104 cm³/mol. The lowest BCUT2D eigenvalue weighted by Crippen LogP contribution is -2.46. The minimum Gasteiger partial charge on any atom is -0.393 e. The van der Waals surface area contributed by atoms with Crippen LogP contribution in [0.15, 0.2) is 0 Å². The van der Waals surface area contributed by atoms with Crippen LogP contribution in [0.4, 0.5) is 0 Å². The van der Waals surface area contributed by atoms with Gasteiger partial charge in [0.25, 0.3) is 0 Å². The van der Waals surface area contributed by atoms with Crippen molar-refractivity contribution in [1.29, 1.82) is 0 Å². The molecular formula is C20H42O6. The quantitative estimate of drug-likeness (QED) is 0.501. The van der Waals surface area contributed by atoms with E-state index in [0.29, 0.717) is 26.4 Å². The molecule has 0 amide bonds. The lowest BCUT2D eigenvalue weighted by Gasteiger charge is -2.38. The number of hydrogen-bond acceptors (Lipinski definition) is 6. The van der Waals surface area contributed by atoms with Crippen molar-refractivity contribution < 1.29 is 28.8 Å². The van der Waals surface area contributed by atoms with E-state index in [1.165, 1.54) is 0 Å². The topological polar surface area (TPSA) is 66.4 Å². The number of aliphatic hydroxyl groups excluding tert-OH is 1. The van der Waals surface area contributed by atoms with Crippen LogP contribution >= 0.6 is 0 Å². The highest BCUT2D eigenvalue weighted by molar-refractivity contribution is 4.83. The molecule has 1 unspecified atom stereocenters. The summed E-state index contributed by atoms with van der Waals surface area (Å²) in [5, 5.41) is 9.45. The van der Waals surface area contributed by atoms with Gasteiger partial charge in [0.15, 0.2) is 0 Å². The summed E-state index contributed by atoms with van der Waals surface area (Å²) < 4.78 is 28.9. The second-order valence-corrected chi connectivity index (χ2v) is 9.26. The number of ether oxygens (including phenoxy) is 5. The summed E-state index contributed by atoms with van der Waals surface area (Å²) in [6.07, 6.45) is 0. The van der Waals surface area contributed by atoms with Crippen LogP contribution in [0.2, 0.25) is 0 Å². The van der Waals surface area contributed by atoms with Crippen LogP contribution in [0, 0.1) is 5.92 Å². The highest BCUT2D eigenvalue weighted by Crippen LogP contribution is 2.27. The average Bonchev–Trinajstić information content (AvgIpc) is 2.56. The van der Waals surface area contributed by atoms with E-state index in [2.05, 4.69) is 0 Å². The van der Waals surface area contributed by atoms with Crippen molar-refractivity contribution in [3.63, 3.8) is 0 Å². The van der Waals surface area contributed by atoms with Gasteiger partial charge >= 0.3 is 0 Å². The van der Waals surface area contributed by atoms with Crippen LogP contribution in [-0.4, -0.2) is 74.8 Å². The Kier molecular flexibility index (Phi) is 10.2. The Morgan fingerprint density at radius 3 is 1.65 bits per heavy atom. The van der Waals surface area contributed by atoms with Gasteiger partial charge in [-0.05, 0) is 55.4 Å². The summed E-state index contributed by atoms with van der Waals surface area (Å²) in [6.45, 7) is 17.5. The summed E-state index contributed by atoms with van der Waals surface area (Å²) >= 11 is 0. The fraction of sp³-hybridized carbons (Fsp3) is 1.00. The normalized spacial score (nSPS) is 15.3. The summed E-state index contributed by atoms with van der Waals surface area (Å²) in [5.41, 5.74) is -1.81. The van der Waals surface area contributed by atoms with Crippen molar-refractivity contribution in [2.24, 2.45) is 5.92 Å². The molecule has 0 bridgehead atoms. The molecular weight excluding hydrogens is 336 g/mol. The third kappa shape index (κ3) is 10.2. The summed E-state index contributed by atoms with van der Waals surface area (Å²) in [6, 6.07) is 0. The molecule has 0 fully saturated rings. The Morgan fingerprint density at radius 1 is 0.692 bits per heavy atom. The van der Waals surface area contributed by atoms with Crippen LogP contribution < -0.4 is 0 Å². The maximum Gasteiger partial charge on any atom is 0.0856 e. The maximum atomic E-state index is 9.45. The highest BCUT2D eigenvalue weighted by Gasteiger charge is 2.35. The van der Waals surface area contributed by atoms with E-state index in [4.69, 9.17) is 23.7 Å². The van der Waals surface area contributed by atoms with Gasteiger partial charge in [0.2, 0.25) is 0 Å². The Morgan fingerprint density at radius 2 is 1.19 bits per heavy atom. The van der Waals surface area contributed by atoms with Crippen LogP contribution in [0.25, 0.3) is 0 Å². The number of rotatable bonds is 14. The molecule has 26 heavy (non-hydrogen) atoms. The number of hydrogen-bond donors (Lipinski definition) is 1. The second-order valence-electron chi connectivity index (χ2n) is 9.26. The van der Waals surface area contributed by atoms with E-state index in [9.17, 15) is 5.11 Å². The molecule has 0 aliphatic carbocycles. The van der Waals surface area contributed by atoms with Crippen LogP contribution in [-0.2, 0) is 23.7 Å². The van der Waals surface area contributed by atoms with E-state index in [-0.39, 0.29) is 23.7 Å². The molecule has 0 saturated carbocycles. The number of aliphatic hydroxyl groups is 1. The minimum absolute atomic E-state index is 0.0198. The Hall–Kier alpha value is -0.240. The van der Waals surface area contributed by atoms with E-state index in [1.54, 1.807) is 14.2 Å². The molecule has 158 valence electrons. The molecule has 0 radical (unpaired) electrons. The largest absolute Gasteiger partial charge is 0.393 e. The zero-order valence-electron chi connectivity index (χ0n) is 18.6. The Labute approximate surface area is 160 Å². The Balaban J connectivity index is 4.98. The third-order valence-corrected chi connectivity index (χ3v) is 4.70. The Bertz CT molecular complexity index is 390. The smallest absolute Gasteiger partial charge is 0.0856 e. The zero-order valence-corrected chi connectivity index (χ0v) is 18.6. The van der Waals surface area contributed by atoms with Gasteiger partial charge < -0.3 is 28.8 Å². The average molecular weight is 379 g/mol. The first-order chi connectivity index (χ1) is 11.7. The second kappa shape index (κ2) is 10.3. The zero-order chi connectivity index (χ0) is 20.6. The van der Waals surface area contributed by atoms with Crippen molar-refractivity contribution >= 4 is 0 Å². The van der Waals surface area contributed by atoms with Crippen LogP contribution in [0.1, 0.15) is 55.4 Å². The summed E-state index contributed by atoms with van der Waals surface area (Å²) in [5.74, 6) is -0.0198. The summed E-state index contributed by atoms with van der Waals surface area (Å²) in [4.78, 5) is 0. The van der Waals surface area contributed by atoms with Gasteiger partial charge in [0.1, 0.15) is 0 Å². The lowest BCUT2D eigenvalue weighted by molar-refractivity contribution is -0.167. The first-order valence-corrected chi connectivity index (χ1v) is 9.27. The summed E-state index contributed by atoms with van der Waals surface area (Å²) in [7, 11) is 3.35. The lowest BCUT2D eigenvalue weighted by atomic mass is 9.91. The van der Waals surface area contributed by atoms with E-state index in [1.807, 2.05) is 55.4 Å². The number of methoxy groups -OCH3 is 2. The first-order valence-electron chi connectivity index (χ1n) is 9.27.